The second-order valence-electron chi connectivity index (χ2n) is 5.84. The van der Waals surface area contributed by atoms with E-state index in [-0.39, 0.29) is 11.8 Å². The fraction of sp³-hybridized carbons (Fsp3) is 0.278. The molecule has 0 heterocycles. The van der Waals surface area contributed by atoms with Crippen molar-refractivity contribution in [3.63, 3.8) is 0 Å². The number of nitrogens with one attached hydrogen (secondary N) is 1. The normalized spacial score (nSPS) is 19.2. The number of hydrogen-bond acceptors (Lipinski definition) is 3. The first-order valence-electron chi connectivity index (χ1n) is 7.56. The predicted molar refractivity (Wildman–Crippen MR) is 90.1 cm³/mol. The van der Waals surface area contributed by atoms with Gasteiger partial charge in [0, 0.05) is 10.4 Å². The highest BCUT2D eigenvalue weighted by Gasteiger charge is 2.42. The smallest absolute Gasteiger partial charge is 0.246 e. The summed E-state index contributed by atoms with van der Waals surface area (Å²) >= 11 is 3.45. The van der Waals surface area contributed by atoms with Crippen LogP contribution in [0.2, 0.25) is 0 Å². The number of halogens is 1. The lowest BCUT2D eigenvalue weighted by molar-refractivity contribution is -0.130. The summed E-state index contributed by atoms with van der Waals surface area (Å²) in [6, 6.07) is 16.0. The summed E-state index contributed by atoms with van der Waals surface area (Å²) in [6.07, 6.45) is 1.69. The Labute approximate surface area is 143 Å². The molecule has 4 nitrogen and oxygen atoms in total. The third-order valence-electron chi connectivity index (χ3n) is 4.09. The molecule has 0 aliphatic heterocycles. The highest BCUT2D eigenvalue weighted by atomic mass is 79.9. The van der Waals surface area contributed by atoms with Crippen LogP contribution in [-0.4, -0.2) is 11.1 Å². The molecule has 0 radical (unpaired) electrons. The van der Waals surface area contributed by atoms with Crippen molar-refractivity contribution in [2.24, 2.45) is 11.8 Å². The first-order valence-corrected chi connectivity index (χ1v) is 8.35. The summed E-state index contributed by atoms with van der Waals surface area (Å²) in [5.74, 6) is 0.834. The van der Waals surface area contributed by atoms with E-state index in [9.17, 15) is 4.79 Å². The summed E-state index contributed by atoms with van der Waals surface area (Å²) in [5.41, 5.74) is 4.01. The van der Waals surface area contributed by atoms with Gasteiger partial charge in [-0.15, -0.1) is 0 Å². The summed E-state index contributed by atoms with van der Waals surface area (Å²) in [7, 11) is 0. The average molecular weight is 376 g/mol. The number of hydrogen-bond donors (Lipinski definition) is 2. The zero-order chi connectivity index (χ0) is 16.2. The highest BCUT2D eigenvalue weighted by molar-refractivity contribution is 9.10. The summed E-state index contributed by atoms with van der Waals surface area (Å²) in [4.78, 5) is 11.3. The Morgan fingerprint density at radius 3 is 2.70 bits per heavy atom. The van der Waals surface area contributed by atoms with Crippen molar-refractivity contribution >= 4 is 21.8 Å². The van der Waals surface area contributed by atoms with Gasteiger partial charge in [0.1, 0.15) is 12.4 Å². The molecule has 2 aromatic carbocycles. The van der Waals surface area contributed by atoms with Crippen LogP contribution >= 0.6 is 15.9 Å². The molecular formula is C18H18BrNO3. The molecule has 120 valence electrons. The third-order valence-corrected chi connectivity index (χ3v) is 4.58. The van der Waals surface area contributed by atoms with Gasteiger partial charge in [0.25, 0.3) is 0 Å². The average Bonchev–Trinajstić information content (AvgIpc) is 3.33. The van der Waals surface area contributed by atoms with E-state index in [0.717, 1.165) is 28.6 Å². The van der Waals surface area contributed by atoms with Crippen LogP contribution in [0.1, 0.15) is 17.5 Å². The summed E-state index contributed by atoms with van der Waals surface area (Å²) in [6.45, 7) is 0.528. The maximum Gasteiger partial charge on any atom is 0.246 e. The van der Waals surface area contributed by atoms with Gasteiger partial charge in [-0.1, -0.05) is 40.2 Å². The molecule has 1 saturated carbocycles. The van der Waals surface area contributed by atoms with E-state index in [0.29, 0.717) is 12.5 Å². The summed E-state index contributed by atoms with van der Waals surface area (Å²) in [5, 5.41) is 8.62. The zero-order valence-corrected chi connectivity index (χ0v) is 14.1. The number of carbonyl (C=O) groups is 1. The lowest BCUT2D eigenvalue weighted by Gasteiger charge is -2.08. The molecule has 2 aromatic rings. The zero-order valence-electron chi connectivity index (χ0n) is 12.5. The third kappa shape index (κ3) is 4.33. The van der Waals surface area contributed by atoms with Gasteiger partial charge in [0.15, 0.2) is 0 Å². The van der Waals surface area contributed by atoms with Gasteiger partial charge in [0.2, 0.25) is 5.91 Å². The number of benzene rings is 2. The standard InChI is InChI=1S/C18H18BrNO3/c19-15-3-1-2-13(9-15)11-23-16-6-4-12(5-7-16)8-14-10-17(14)18(21)20-22/h1-7,9,14,17,22H,8,10-11H2,(H,20,21)/t14-,17+/m1/s1. The molecule has 1 aliphatic rings. The lowest BCUT2D eigenvalue weighted by atomic mass is 10.1. The number of rotatable bonds is 6. The fourth-order valence-electron chi connectivity index (χ4n) is 2.70. The van der Waals surface area contributed by atoms with Gasteiger partial charge in [0.05, 0.1) is 0 Å². The molecule has 1 fully saturated rings. The van der Waals surface area contributed by atoms with Gasteiger partial charge in [-0.25, -0.2) is 5.48 Å². The maximum absolute atomic E-state index is 11.3. The van der Waals surface area contributed by atoms with Gasteiger partial charge in [-0.3, -0.25) is 10.0 Å². The van der Waals surface area contributed by atoms with Crippen LogP contribution in [-0.2, 0) is 17.8 Å². The minimum Gasteiger partial charge on any atom is -0.489 e. The van der Waals surface area contributed by atoms with Crippen molar-refractivity contribution in [3.8, 4) is 5.75 Å². The molecule has 1 aliphatic carbocycles. The number of ether oxygens (including phenoxy) is 1. The van der Waals surface area contributed by atoms with E-state index in [2.05, 4.69) is 15.9 Å². The van der Waals surface area contributed by atoms with E-state index in [1.54, 1.807) is 5.48 Å². The lowest BCUT2D eigenvalue weighted by Crippen LogP contribution is -2.21. The van der Waals surface area contributed by atoms with Crippen molar-refractivity contribution in [2.75, 3.05) is 0 Å². The number of amides is 1. The molecule has 5 heteroatoms. The van der Waals surface area contributed by atoms with Crippen LogP contribution in [0.25, 0.3) is 0 Å². The maximum atomic E-state index is 11.3. The summed E-state index contributed by atoms with van der Waals surface area (Å²) < 4.78 is 6.82. The first kappa shape index (κ1) is 16.0. The highest BCUT2D eigenvalue weighted by Crippen LogP contribution is 2.41. The van der Waals surface area contributed by atoms with Crippen molar-refractivity contribution in [1.82, 2.24) is 5.48 Å². The minimum absolute atomic E-state index is 0.0487. The molecule has 2 N–H and O–H groups in total. The van der Waals surface area contributed by atoms with Crippen LogP contribution in [0, 0.1) is 11.8 Å². The molecule has 0 spiro atoms. The van der Waals surface area contributed by atoms with Crippen molar-refractivity contribution in [2.45, 2.75) is 19.4 Å². The molecule has 0 bridgehead atoms. The molecule has 0 saturated heterocycles. The Morgan fingerprint density at radius 1 is 1.22 bits per heavy atom. The Kier molecular flexibility index (Phi) is 4.98. The Morgan fingerprint density at radius 2 is 2.00 bits per heavy atom. The SMILES string of the molecule is O=C(NO)[C@H]1C[C@H]1Cc1ccc(OCc2cccc(Br)c2)cc1. The Bertz CT molecular complexity index is 687. The van der Waals surface area contributed by atoms with Gasteiger partial charge in [-0.2, -0.15) is 0 Å². The molecule has 0 unspecified atom stereocenters. The molecule has 1 amide bonds. The fourth-order valence-corrected chi connectivity index (χ4v) is 3.14. The molecule has 2 atom stereocenters. The van der Waals surface area contributed by atoms with Gasteiger partial charge in [-0.05, 0) is 54.2 Å². The second-order valence-corrected chi connectivity index (χ2v) is 6.76. The van der Waals surface area contributed by atoms with Gasteiger partial charge >= 0.3 is 0 Å². The topological polar surface area (TPSA) is 58.6 Å². The van der Waals surface area contributed by atoms with E-state index >= 15 is 0 Å². The Balaban J connectivity index is 1.51. The van der Waals surface area contributed by atoms with Crippen molar-refractivity contribution < 1.29 is 14.7 Å². The van der Waals surface area contributed by atoms with Crippen LogP contribution in [0.3, 0.4) is 0 Å². The number of hydroxylamine groups is 1. The van der Waals surface area contributed by atoms with E-state index in [1.807, 2.05) is 48.5 Å². The minimum atomic E-state index is -0.274. The van der Waals surface area contributed by atoms with E-state index in [1.165, 1.54) is 5.56 Å². The van der Waals surface area contributed by atoms with Crippen molar-refractivity contribution in [1.29, 1.82) is 0 Å². The van der Waals surface area contributed by atoms with Gasteiger partial charge < -0.3 is 4.74 Å². The Hall–Kier alpha value is -1.85. The molecule has 0 aromatic heterocycles. The molecule has 3 rings (SSSR count). The van der Waals surface area contributed by atoms with Crippen LogP contribution in [0.4, 0.5) is 0 Å². The van der Waals surface area contributed by atoms with E-state index < -0.39 is 0 Å². The van der Waals surface area contributed by atoms with Crippen molar-refractivity contribution in [3.05, 3.63) is 64.1 Å². The number of carbonyl (C=O) groups excluding carboxylic acids is 1. The molecule has 23 heavy (non-hydrogen) atoms. The van der Waals surface area contributed by atoms with Crippen LogP contribution < -0.4 is 10.2 Å². The first-order chi connectivity index (χ1) is 11.2. The monoisotopic (exact) mass is 375 g/mol. The predicted octanol–water partition coefficient (Wildman–Crippen LogP) is 3.71. The van der Waals surface area contributed by atoms with E-state index in [4.69, 9.17) is 9.94 Å². The van der Waals surface area contributed by atoms with Crippen LogP contribution in [0.5, 0.6) is 5.75 Å². The quantitative estimate of drug-likeness (QED) is 0.597. The second kappa shape index (κ2) is 7.15. The van der Waals surface area contributed by atoms with Crippen LogP contribution in [0.15, 0.2) is 53.0 Å². The largest absolute Gasteiger partial charge is 0.489 e. The molecular weight excluding hydrogens is 358 g/mol.